The van der Waals surface area contributed by atoms with E-state index in [0.29, 0.717) is 12.3 Å². The maximum Gasteiger partial charge on any atom is 0.305 e. The predicted octanol–water partition coefficient (Wildman–Crippen LogP) is 4.57. The third-order valence-corrected chi connectivity index (χ3v) is 7.05. The maximum absolute atomic E-state index is 12.0. The summed E-state index contributed by atoms with van der Waals surface area (Å²) in [7, 11) is 1.47. The Morgan fingerprint density at radius 1 is 1.23 bits per heavy atom. The van der Waals surface area contributed by atoms with Gasteiger partial charge in [0.15, 0.2) is 5.13 Å². The molecule has 1 N–H and O–H groups in total. The van der Waals surface area contributed by atoms with Gasteiger partial charge in [0.1, 0.15) is 5.82 Å². The summed E-state index contributed by atoms with van der Waals surface area (Å²) < 4.78 is 4.97. The van der Waals surface area contributed by atoms with Crippen molar-refractivity contribution in [2.75, 3.05) is 30.4 Å². The summed E-state index contributed by atoms with van der Waals surface area (Å²) >= 11 is 1.55. The van der Waals surface area contributed by atoms with E-state index in [4.69, 9.17) is 14.7 Å². The summed E-state index contributed by atoms with van der Waals surface area (Å²) in [5.41, 5.74) is 0.920. The molecule has 162 valence electrons. The highest BCUT2D eigenvalue weighted by Crippen LogP contribution is 2.38. The summed E-state index contributed by atoms with van der Waals surface area (Å²) in [5.74, 6) is 2.96. The molecule has 3 heterocycles. The fourth-order valence-corrected chi connectivity index (χ4v) is 5.51. The van der Waals surface area contributed by atoms with Crippen molar-refractivity contribution in [2.24, 2.45) is 17.8 Å². The minimum atomic E-state index is -0.125. The highest BCUT2D eigenvalue weighted by Gasteiger charge is 2.35. The summed E-state index contributed by atoms with van der Waals surface area (Å²) in [6.07, 6.45) is 9.93. The number of piperidine rings is 1. The molecule has 2 aromatic heterocycles. The molecule has 4 rings (SSSR count). The molecule has 7 nitrogen and oxygen atoms in total. The number of carbonyl (C=O) groups excluding carboxylic acids is 1. The second-order valence-corrected chi connectivity index (χ2v) is 9.50. The number of methoxy groups -OCH3 is 1. The Balaban J connectivity index is 1.55. The minimum absolute atomic E-state index is 0.125. The van der Waals surface area contributed by atoms with Crippen molar-refractivity contribution in [1.82, 2.24) is 15.0 Å². The molecule has 2 fully saturated rings. The van der Waals surface area contributed by atoms with Gasteiger partial charge >= 0.3 is 5.97 Å². The second-order valence-electron chi connectivity index (χ2n) is 8.60. The van der Waals surface area contributed by atoms with Gasteiger partial charge in [0.2, 0.25) is 5.95 Å². The van der Waals surface area contributed by atoms with Crippen molar-refractivity contribution >= 4 is 34.2 Å². The fourth-order valence-electron chi connectivity index (χ4n) is 4.98. The highest BCUT2D eigenvalue weighted by molar-refractivity contribution is 7.13. The van der Waals surface area contributed by atoms with Gasteiger partial charge in [-0.05, 0) is 31.1 Å². The second kappa shape index (κ2) is 9.73. The summed E-state index contributed by atoms with van der Waals surface area (Å²) in [6, 6.07) is 1.94. The third kappa shape index (κ3) is 5.28. The van der Waals surface area contributed by atoms with Gasteiger partial charge in [0.25, 0.3) is 0 Å². The molecule has 1 saturated carbocycles. The first-order valence-electron chi connectivity index (χ1n) is 10.9. The zero-order valence-electron chi connectivity index (χ0n) is 17.8. The van der Waals surface area contributed by atoms with Crippen LogP contribution >= 0.6 is 11.3 Å². The Labute approximate surface area is 182 Å². The van der Waals surface area contributed by atoms with Crippen LogP contribution in [0.15, 0.2) is 17.6 Å². The number of hydrogen-bond acceptors (Lipinski definition) is 8. The van der Waals surface area contributed by atoms with E-state index in [9.17, 15) is 4.79 Å². The first-order valence-corrected chi connectivity index (χ1v) is 11.8. The topological polar surface area (TPSA) is 80.2 Å². The number of aryl methyl sites for hydroxylation is 1. The first-order chi connectivity index (χ1) is 14.6. The Kier molecular flexibility index (Phi) is 6.82. The van der Waals surface area contributed by atoms with Crippen LogP contribution in [0.5, 0.6) is 0 Å². The molecule has 1 aliphatic heterocycles. The molecule has 2 atom stereocenters. The molecule has 0 bridgehead atoms. The lowest BCUT2D eigenvalue weighted by Gasteiger charge is -2.42. The first kappa shape index (κ1) is 21.0. The van der Waals surface area contributed by atoms with Gasteiger partial charge in [0.05, 0.1) is 13.5 Å². The average molecular weight is 430 g/mol. The van der Waals surface area contributed by atoms with Gasteiger partial charge in [-0.1, -0.05) is 32.1 Å². The van der Waals surface area contributed by atoms with E-state index in [2.05, 4.69) is 15.2 Å². The van der Waals surface area contributed by atoms with Gasteiger partial charge < -0.3 is 15.0 Å². The lowest BCUT2D eigenvalue weighted by molar-refractivity contribution is -0.141. The molecule has 0 spiro atoms. The molecule has 0 aromatic carbocycles. The number of carbonyl (C=O) groups is 1. The fraction of sp³-hybridized carbons (Fsp3) is 0.636. The number of anilines is 3. The van der Waals surface area contributed by atoms with Crippen molar-refractivity contribution in [1.29, 1.82) is 0 Å². The Bertz CT molecular complexity index is 838. The molecule has 30 heavy (non-hydrogen) atoms. The standard InChI is InChI=1S/C22H31N5O2S/c1-15-10-19(26-22-23-8-9-30-22)25-21(24-15)27-13-16(12-20(28)29-2)11-18(14-27)17-6-4-3-5-7-17/h8-10,16-18H,3-7,11-14H2,1-2H3,(H,23,24,25,26). The Morgan fingerprint density at radius 3 is 2.80 bits per heavy atom. The van der Waals surface area contributed by atoms with E-state index in [-0.39, 0.29) is 11.9 Å². The van der Waals surface area contributed by atoms with Crippen LogP contribution in [0.4, 0.5) is 16.9 Å². The van der Waals surface area contributed by atoms with Crippen LogP contribution in [0.25, 0.3) is 0 Å². The maximum atomic E-state index is 12.0. The molecule has 0 radical (unpaired) electrons. The van der Waals surface area contributed by atoms with Gasteiger partial charge in [-0.2, -0.15) is 4.98 Å². The number of thiazole rings is 1. The predicted molar refractivity (Wildman–Crippen MR) is 119 cm³/mol. The smallest absolute Gasteiger partial charge is 0.305 e. The number of nitrogens with zero attached hydrogens (tertiary/aromatic N) is 4. The van der Waals surface area contributed by atoms with Crippen LogP contribution in [0.1, 0.15) is 50.6 Å². The molecular formula is C22H31N5O2S. The lowest BCUT2D eigenvalue weighted by atomic mass is 9.73. The SMILES string of the molecule is COC(=O)CC1CC(C2CCCCC2)CN(c2nc(C)cc(Nc3nccs3)n2)C1. The van der Waals surface area contributed by atoms with E-state index >= 15 is 0 Å². The van der Waals surface area contributed by atoms with Gasteiger partial charge in [0, 0.05) is 36.4 Å². The summed E-state index contributed by atoms with van der Waals surface area (Å²) in [6.45, 7) is 3.74. The van der Waals surface area contributed by atoms with E-state index in [1.54, 1.807) is 17.5 Å². The normalized spacial score (nSPS) is 22.7. The number of esters is 1. The Hall–Kier alpha value is -2.22. The largest absolute Gasteiger partial charge is 0.469 e. The van der Waals surface area contributed by atoms with Crippen molar-refractivity contribution in [3.63, 3.8) is 0 Å². The zero-order valence-corrected chi connectivity index (χ0v) is 18.7. The van der Waals surface area contributed by atoms with Crippen molar-refractivity contribution in [2.45, 2.75) is 51.9 Å². The van der Waals surface area contributed by atoms with Crippen LogP contribution in [0.2, 0.25) is 0 Å². The molecule has 0 amide bonds. The third-order valence-electron chi connectivity index (χ3n) is 6.36. The van der Waals surface area contributed by atoms with E-state index < -0.39 is 0 Å². The zero-order chi connectivity index (χ0) is 20.9. The van der Waals surface area contributed by atoms with Gasteiger partial charge in [-0.25, -0.2) is 9.97 Å². The number of hydrogen-bond donors (Lipinski definition) is 1. The van der Waals surface area contributed by atoms with Gasteiger partial charge in [-0.3, -0.25) is 4.79 Å². The number of ether oxygens (including phenoxy) is 1. The monoisotopic (exact) mass is 429 g/mol. The van der Waals surface area contributed by atoms with Crippen LogP contribution in [0, 0.1) is 24.7 Å². The van der Waals surface area contributed by atoms with Gasteiger partial charge in [-0.15, -0.1) is 11.3 Å². The van der Waals surface area contributed by atoms with Crippen LogP contribution in [0.3, 0.4) is 0 Å². The summed E-state index contributed by atoms with van der Waals surface area (Å²) in [4.78, 5) is 28.1. The molecule has 8 heteroatoms. The number of rotatable bonds is 6. The molecule has 2 unspecified atom stereocenters. The summed E-state index contributed by atoms with van der Waals surface area (Å²) in [5, 5.41) is 6.05. The van der Waals surface area contributed by atoms with E-state index in [1.807, 2.05) is 18.4 Å². The lowest BCUT2D eigenvalue weighted by Crippen LogP contribution is -2.45. The Morgan fingerprint density at radius 2 is 2.07 bits per heavy atom. The van der Waals surface area contributed by atoms with Crippen LogP contribution < -0.4 is 10.2 Å². The van der Waals surface area contributed by atoms with Crippen LogP contribution in [-0.4, -0.2) is 41.1 Å². The molecule has 2 aliphatic rings. The van der Waals surface area contributed by atoms with Crippen molar-refractivity contribution in [3.05, 3.63) is 23.3 Å². The van der Waals surface area contributed by atoms with Crippen LogP contribution in [-0.2, 0) is 9.53 Å². The molecule has 2 aromatic rings. The molecule has 1 aliphatic carbocycles. The van der Waals surface area contributed by atoms with Crippen molar-refractivity contribution in [3.8, 4) is 0 Å². The number of nitrogens with one attached hydrogen (secondary N) is 1. The van der Waals surface area contributed by atoms with E-state index in [1.165, 1.54) is 39.2 Å². The quantitative estimate of drug-likeness (QED) is 0.674. The number of aromatic nitrogens is 3. The average Bonchev–Trinajstić information content (AvgIpc) is 3.26. The minimum Gasteiger partial charge on any atom is -0.469 e. The molecular weight excluding hydrogens is 398 g/mol. The van der Waals surface area contributed by atoms with Crippen molar-refractivity contribution < 1.29 is 9.53 Å². The molecule has 1 saturated heterocycles. The highest BCUT2D eigenvalue weighted by atomic mass is 32.1. The van der Waals surface area contributed by atoms with E-state index in [0.717, 1.165) is 48.0 Å².